The number of ether oxygens (including phenoxy) is 2. The van der Waals surface area contributed by atoms with Gasteiger partial charge in [0.25, 0.3) is 5.95 Å². The highest BCUT2D eigenvalue weighted by atomic mass is 16.7. The van der Waals surface area contributed by atoms with Crippen molar-refractivity contribution in [1.29, 1.82) is 0 Å². The van der Waals surface area contributed by atoms with Gasteiger partial charge in [0.1, 0.15) is 6.10 Å². The summed E-state index contributed by atoms with van der Waals surface area (Å²) in [6.45, 7) is 16.2. The smallest absolute Gasteiger partial charge is 0.278 e. The van der Waals surface area contributed by atoms with Gasteiger partial charge in [-0.25, -0.2) is 0 Å². The molecule has 2 heteroatoms. The molecule has 4 saturated carbocycles. The van der Waals surface area contributed by atoms with Gasteiger partial charge in [0, 0.05) is 5.57 Å². The SMILES string of the molecule is CC(C)=C(OC(C)C)O[C@@H](CC1CCC2C1CCC[C@H]2C)CC1CCC2C1[C@H](C)CC[C@H]2C. The van der Waals surface area contributed by atoms with Crippen molar-refractivity contribution >= 4 is 0 Å². The first-order valence-corrected chi connectivity index (χ1v) is 14.7. The second-order valence-electron chi connectivity index (χ2n) is 13.3. The molecule has 0 amide bonds. The molecule has 4 rings (SSSR count). The van der Waals surface area contributed by atoms with Crippen LogP contribution in [0.5, 0.6) is 0 Å². The van der Waals surface area contributed by atoms with Crippen molar-refractivity contribution < 1.29 is 9.47 Å². The van der Waals surface area contributed by atoms with Gasteiger partial charge < -0.3 is 9.47 Å². The fraction of sp³-hybridized carbons (Fsp3) is 0.935. The van der Waals surface area contributed by atoms with Gasteiger partial charge in [0.05, 0.1) is 6.10 Å². The van der Waals surface area contributed by atoms with Crippen molar-refractivity contribution in [3.05, 3.63) is 11.5 Å². The van der Waals surface area contributed by atoms with E-state index in [9.17, 15) is 0 Å². The molecule has 2 nitrogen and oxygen atoms in total. The van der Waals surface area contributed by atoms with Gasteiger partial charge in [-0.2, -0.15) is 0 Å². The van der Waals surface area contributed by atoms with Crippen LogP contribution in [0, 0.1) is 53.3 Å². The minimum atomic E-state index is 0.167. The molecule has 4 fully saturated rings. The third kappa shape index (κ3) is 5.78. The molecule has 4 aliphatic carbocycles. The first kappa shape index (κ1) is 25.4. The summed E-state index contributed by atoms with van der Waals surface area (Å²) < 4.78 is 13.0. The molecule has 190 valence electrons. The van der Waals surface area contributed by atoms with E-state index in [1.165, 1.54) is 76.2 Å². The van der Waals surface area contributed by atoms with E-state index in [1.54, 1.807) is 0 Å². The Bertz CT molecular complexity index is 662. The molecule has 0 bridgehead atoms. The molecule has 0 aliphatic heterocycles. The average Bonchev–Trinajstić information content (AvgIpc) is 3.36. The molecule has 0 radical (unpaired) electrons. The normalized spacial score (nSPS) is 41.4. The van der Waals surface area contributed by atoms with E-state index in [1.807, 2.05) is 0 Å². The second kappa shape index (κ2) is 10.9. The summed E-state index contributed by atoms with van der Waals surface area (Å²) in [5.41, 5.74) is 1.19. The van der Waals surface area contributed by atoms with E-state index in [0.717, 1.165) is 59.2 Å². The maximum atomic E-state index is 6.85. The highest BCUT2D eigenvalue weighted by Gasteiger charge is 2.46. The van der Waals surface area contributed by atoms with Crippen molar-refractivity contribution in [1.82, 2.24) is 0 Å². The molecule has 0 saturated heterocycles. The van der Waals surface area contributed by atoms with E-state index < -0.39 is 0 Å². The molecular weight excluding hydrogens is 404 g/mol. The first-order valence-electron chi connectivity index (χ1n) is 14.7. The molecule has 0 heterocycles. The van der Waals surface area contributed by atoms with Gasteiger partial charge in [0.2, 0.25) is 0 Å². The van der Waals surface area contributed by atoms with Gasteiger partial charge in [-0.1, -0.05) is 46.5 Å². The molecule has 33 heavy (non-hydrogen) atoms. The summed E-state index contributed by atoms with van der Waals surface area (Å²) in [7, 11) is 0. The molecule has 0 N–H and O–H groups in total. The van der Waals surface area contributed by atoms with Crippen LogP contribution in [0.25, 0.3) is 0 Å². The zero-order chi connectivity index (χ0) is 23.7. The van der Waals surface area contributed by atoms with Crippen LogP contribution in [0.2, 0.25) is 0 Å². The third-order valence-corrected chi connectivity index (χ3v) is 10.5. The fourth-order valence-electron chi connectivity index (χ4n) is 8.92. The number of allylic oxidation sites excluding steroid dienone is 1. The molecule has 10 atom stereocenters. The van der Waals surface area contributed by atoms with Crippen LogP contribution in [0.3, 0.4) is 0 Å². The summed E-state index contributed by atoms with van der Waals surface area (Å²) in [6, 6.07) is 0. The van der Waals surface area contributed by atoms with Gasteiger partial charge >= 0.3 is 0 Å². The Hall–Kier alpha value is -0.660. The summed E-state index contributed by atoms with van der Waals surface area (Å²) in [5.74, 6) is 9.10. The lowest BCUT2D eigenvalue weighted by Crippen LogP contribution is -2.34. The topological polar surface area (TPSA) is 18.5 Å². The Kier molecular flexibility index (Phi) is 8.44. The Balaban J connectivity index is 1.50. The monoisotopic (exact) mass is 458 g/mol. The number of rotatable bonds is 8. The van der Waals surface area contributed by atoms with E-state index in [4.69, 9.17) is 9.47 Å². The predicted molar refractivity (Wildman–Crippen MR) is 139 cm³/mol. The Morgan fingerprint density at radius 3 is 2.03 bits per heavy atom. The van der Waals surface area contributed by atoms with Crippen molar-refractivity contribution in [2.24, 2.45) is 53.3 Å². The van der Waals surface area contributed by atoms with E-state index >= 15 is 0 Å². The van der Waals surface area contributed by atoms with E-state index in [2.05, 4.69) is 48.5 Å². The average molecular weight is 459 g/mol. The summed E-state index contributed by atoms with van der Waals surface area (Å²) in [6.07, 6.45) is 16.0. The van der Waals surface area contributed by atoms with Gasteiger partial charge in [-0.05, 0) is 126 Å². The summed E-state index contributed by atoms with van der Waals surface area (Å²) in [4.78, 5) is 0. The van der Waals surface area contributed by atoms with E-state index in [-0.39, 0.29) is 6.10 Å². The van der Waals surface area contributed by atoms with Crippen LogP contribution in [0.15, 0.2) is 11.5 Å². The van der Waals surface area contributed by atoms with Crippen LogP contribution in [0.4, 0.5) is 0 Å². The lowest BCUT2D eigenvalue weighted by molar-refractivity contribution is -0.0540. The number of hydrogen-bond donors (Lipinski definition) is 0. The molecular formula is C31H54O2. The van der Waals surface area contributed by atoms with E-state index in [0.29, 0.717) is 6.10 Å². The maximum absolute atomic E-state index is 6.85. The highest BCUT2D eigenvalue weighted by molar-refractivity contribution is 4.99. The third-order valence-electron chi connectivity index (χ3n) is 10.5. The fourth-order valence-corrected chi connectivity index (χ4v) is 8.92. The van der Waals surface area contributed by atoms with Crippen LogP contribution >= 0.6 is 0 Å². The zero-order valence-electron chi connectivity index (χ0n) is 22.9. The van der Waals surface area contributed by atoms with Gasteiger partial charge in [0.15, 0.2) is 0 Å². The molecule has 0 aromatic rings. The Labute approximate surface area is 205 Å². The molecule has 0 aromatic heterocycles. The number of fused-ring (bicyclic) bond motifs is 2. The standard InChI is InChI=1S/C31H54O2/c1-19(2)31(32-20(3)4)33-26(17-24-13-15-27-21(5)9-8-10-29(24)27)18-25-14-16-28-22(6)11-12-23(7)30(25)28/h20-30H,8-18H2,1-7H3/t21-,22-,23-,24?,25?,26+,27?,28?,29?,30?/m1/s1. The zero-order valence-corrected chi connectivity index (χ0v) is 22.9. The molecule has 0 spiro atoms. The minimum absolute atomic E-state index is 0.167. The van der Waals surface area contributed by atoms with Crippen molar-refractivity contribution in [2.45, 2.75) is 131 Å². The minimum Gasteiger partial charge on any atom is -0.463 e. The maximum Gasteiger partial charge on any atom is 0.278 e. The summed E-state index contributed by atoms with van der Waals surface area (Å²) in [5, 5.41) is 0. The predicted octanol–water partition coefficient (Wildman–Crippen LogP) is 9.00. The van der Waals surface area contributed by atoms with Crippen LogP contribution in [-0.2, 0) is 9.47 Å². The van der Waals surface area contributed by atoms with Crippen LogP contribution < -0.4 is 0 Å². The quantitative estimate of drug-likeness (QED) is 0.338. The molecule has 4 aliphatic rings. The van der Waals surface area contributed by atoms with Gasteiger partial charge in [-0.15, -0.1) is 0 Å². The Morgan fingerprint density at radius 1 is 0.667 bits per heavy atom. The second-order valence-corrected chi connectivity index (χ2v) is 13.3. The van der Waals surface area contributed by atoms with Crippen LogP contribution in [-0.4, -0.2) is 12.2 Å². The van der Waals surface area contributed by atoms with Crippen LogP contribution in [0.1, 0.15) is 119 Å². The lowest BCUT2D eigenvalue weighted by atomic mass is 9.66. The largest absolute Gasteiger partial charge is 0.463 e. The first-order chi connectivity index (χ1) is 15.7. The molecule has 0 aromatic carbocycles. The van der Waals surface area contributed by atoms with Crippen molar-refractivity contribution in [3.63, 3.8) is 0 Å². The highest BCUT2D eigenvalue weighted by Crippen LogP contribution is 2.54. The molecule has 6 unspecified atom stereocenters. The van der Waals surface area contributed by atoms with Gasteiger partial charge in [-0.3, -0.25) is 0 Å². The summed E-state index contributed by atoms with van der Waals surface area (Å²) >= 11 is 0. The van der Waals surface area contributed by atoms with Crippen molar-refractivity contribution in [3.8, 4) is 0 Å². The number of hydrogen-bond acceptors (Lipinski definition) is 2. The van der Waals surface area contributed by atoms with Crippen molar-refractivity contribution in [2.75, 3.05) is 0 Å². The lowest BCUT2D eigenvalue weighted by Gasteiger charge is -2.40. The Morgan fingerprint density at radius 2 is 1.30 bits per heavy atom.